The van der Waals surface area contributed by atoms with Gasteiger partial charge in [0.2, 0.25) is 0 Å². The van der Waals surface area contributed by atoms with E-state index in [-0.39, 0.29) is 0 Å². The first-order valence-corrected chi connectivity index (χ1v) is 7.39. The van der Waals surface area contributed by atoms with Crippen molar-refractivity contribution >= 4 is 0 Å². The molecule has 3 heterocycles. The third-order valence-corrected chi connectivity index (χ3v) is 4.09. The van der Waals surface area contributed by atoms with Crippen LogP contribution in [0.4, 0.5) is 0 Å². The molecular weight excluding hydrogens is 250 g/mol. The van der Waals surface area contributed by atoms with E-state index in [2.05, 4.69) is 35.5 Å². The SMILES string of the molecule is CC(C)c1nc2c(n1C)CCN(CCn1cccn1)C2. The largest absolute Gasteiger partial charge is 0.335 e. The molecule has 108 valence electrons. The molecule has 5 nitrogen and oxygen atoms in total. The van der Waals surface area contributed by atoms with E-state index in [4.69, 9.17) is 4.98 Å². The van der Waals surface area contributed by atoms with Crippen LogP contribution in [0.15, 0.2) is 18.5 Å². The lowest BCUT2D eigenvalue weighted by atomic mass is 10.1. The summed E-state index contributed by atoms with van der Waals surface area (Å²) in [6.07, 6.45) is 4.96. The van der Waals surface area contributed by atoms with Crippen LogP contribution >= 0.6 is 0 Å². The first-order valence-electron chi connectivity index (χ1n) is 7.39. The van der Waals surface area contributed by atoms with Crippen LogP contribution in [0.25, 0.3) is 0 Å². The molecule has 0 N–H and O–H groups in total. The summed E-state index contributed by atoms with van der Waals surface area (Å²) in [6.45, 7) is 8.50. The highest BCUT2D eigenvalue weighted by atomic mass is 15.3. The normalized spacial score (nSPS) is 15.8. The van der Waals surface area contributed by atoms with Crippen molar-refractivity contribution in [2.75, 3.05) is 13.1 Å². The Hall–Kier alpha value is -1.62. The van der Waals surface area contributed by atoms with Gasteiger partial charge in [0.15, 0.2) is 0 Å². The van der Waals surface area contributed by atoms with E-state index in [1.807, 2.05) is 23.1 Å². The van der Waals surface area contributed by atoms with Gasteiger partial charge < -0.3 is 4.57 Å². The molecule has 0 saturated heterocycles. The van der Waals surface area contributed by atoms with E-state index in [0.29, 0.717) is 5.92 Å². The second-order valence-electron chi connectivity index (χ2n) is 5.87. The molecule has 20 heavy (non-hydrogen) atoms. The maximum atomic E-state index is 4.84. The molecule has 0 amide bonds. The van der Waals surface area contributed by atoms with E-state index >= 15 is 0 Å². The number of nitrogens with zero attached hydrogens (tertiary/aromatic N) is 5. The number of hydrogen-bond acceptors (Lipinski definition) is 3. The molecule has 0 aromatic carbocycles. The summed E-state index contributed by atoms with van der Waals surface area (Å²) in [7, 11) is 2.15. The van der Waals surface area contributed by atoms with Gasteiger partial charge >= 0.3 is 0 Å². The lowest BCUT2D eigenvalue weighted by Gasteiger charge is -2.26. The number of imidazole rings is 1. The van der Waals surface area contributed by atoms with Gasteiger partial charge in [0, 0.05) is 57.1 Å². The van der Waals surface area contributed by atoms with Crippen molar-refractivity contribution in [2.45, 2.75) is 39.3 Å². The molecule has 2 aromatic heterocycles. The van der Waals surface area contributed by atoms with Crippen LogP contribution in [0.1, 0.15) is 37.0 Å². The standard InChI is InChI=1S/C15H23N5/c1-12(2)15-17-13-11-19(8-5-14(13)18(15)3)9-10-20-7-4-6-16-20/h4,6-7,12H,5,8-11H2,1-3H3. The van der Waals surface area contributed by atoms with Crippen LogP contribution < -0.4 is 0 Å². The van der Waals surface area contributed by atoms with Gasteiger partial charge in [-0.25, -0.2) is 4.98 Å². The van der Waals surface area contributed by atoms with Gasteiger partial charge in [0.25, 0.3) is 0 Å². The zero-order valence-corrected chi connectivity index (χ0v) is 12.6. The van der Waals surface area contributed by atoms with Gasteiger partial charge in [-0.15, -0.1) is 0 Å². The molecule has 0 fully saturated rings. The molecule has 0 bridgehead atoms. The summed E-state index contributed by atoms with van der Waals surface area (Å²) in [5.74, 6) is 1.70. The van der Waals surface area contributed by atoms with Gasteiger partial charge in [-0.05, 0) is 6.07 Å². The number of hydrogen-bond donors (Lipinski definition) is 0. The van der Waals surface area contributed by atoms with Crippen LogP contribution in [-0.4, -0.2) is 37.3 Å². The average molecular weight is 273 g/mol. The van der Waals surface area contributed by atoms with E-state index in [9.17, 15) is 0 Å². The summed E-state index contributed by atoms with van der Waals surface area (Å²) >= 11 is 0. The fourth-order valence-electron chi connectivity index (χ4n) is 2.99. The van der Waals surface area contributed by atoms with Crippen LogP contribution in [0.5, 0.6) is 0 Å². The Bertz CT molecular complexity index is 567. The highest BCUT2D eigenvalue weighted by Gasteiger charge is 2.23. The predicted molar refractivity (Wildman–Crippen MR) is 78.5 cm³/mol. The monoisotopic (exact) mass is 273 g/mol. The van der Waals surface area contributed by atoms with Gasteiger partial charge in [-0.1, -0.05) is 13.8 Å². The minimum Gasteiger partial charge on any atom is -0.335 e. The Morgan fingerprint density at radius 3 is 2.85 bits per heavy atom. The topological polar surface area (TPSA) is 38.9 Å². The first-order chi connectivity index (χ1) is 9.65. The van der Waals surface area contributed by atoms with Crippen molar-refractivity contribution in [3.63, 3.8) is 0 Å². The number of aromatic nitrogens is 4. The quantitative estimate of drug-likeness (QED) is 0.852. The van der Waals surface area contributed by atoms with Crippen LogP contribution in [0.2, 0.25) is 0 Å². The Morgan fingerprint density at radius 1 is 1.30 bits per heavy atom. The highest BCUT2D eigenvalue weighted by Crippen LogP contribution is 2.23. The molecule has 5 heteroatoms. The van der Waals surface area contributed by atoms with Crippen molar-refractivity contribution in [1.29, 1.82) is 0 Å². The van der Waals surface area contributed by atoms with E-state index in [1.54, 1.807) is 0 Å². The van der Waals surface area contributed by atoms with Gasteiger partial charge in [-0.3, -0.25) is 9.58 Å². The third-order valence-electron chi connectivity index (χ3n) is 4.09. The van der Waals surface area contributed by atoms with Crippen molar-refractivity contribution in [3.05, 3.63) is 35.7 Å². The summed E-state index contributed by atoms with van der Waals surface area (Å²) in [5.41, 5.74) is 2.69. The molecule has 0 radical (unpaired) electrons. The maximum Gasteiger partial charge on any atom is 0.111 e. The molecule has 3 rings (SSSR count). The molecule has 1 aliphatic rings. The minimum absolute atomic E-state index is 0.489. The van der Waals surface area contributed by atoms with Crippen molar-refractivity contribution in [3.8, 4) is 0 Å². The van der Waals surface area contributed by atoms with Gasteiger partial charge in [-0.2, -0.15) is 5.10 Å². The van der Waals surface area contributed by atoms with E-state index < -0.39 is 0 Å². The second-order valence-corrected chi connectivity index (χ2v) is 5.87. The van der Waals surface area contributed by atoms with Crippen LogP contribution in [0, 0.1) is 0 Å². The number of rotatable bonds is 4. The second kappa shape index (κ2) is 5.40. The summed E-state index contributed by atoms with van der Waals surface area (Å²) in [5, 5.41) is 4.26. The molecule has 0 unspecified atom stereocenters. The fourth-order valence-corrected chi connectivity index (χ4v) is 2.99. The van der Waals surface area contributed by atoms with Crippen molar-refractivity contribution in [1.82, 2.24) is 24.2 Å². The zero-order valence-electron chi connectivity index (χ0n) is 12.6. The molecule has 0 atom stereocenters. The number of fused-ring (bicyclic) bond motifs is 1. The maximum absolute atomic E-state index is 4.84. The third kappa shape index (κ3) is 2.50. The van der Waals surface area contributed by atoms with Gasteiger partial charge in [0.1, 0.15) is 5.82 Å². The van der Waals surface area contributed by atoms with Crippen molar-refractivity contribution in [2.24, 2.45) is 7.05 Å². The fraction of sp³-hybridized carbons (Fsp3) is 0.600. The van der Waals surface area contributed by atoms with Gasteiger partial charge in [0.05, 0.1) is 12.2 Å². The Kier molecular flexibility index (Phi) is 3.61. The first kappa shape index (κ1) is 13.4. The summed E-state index contributed by atoms with van der Waals surface area (Å²) in [6, 6.07) is 1.97. The molecule has 2 aromatic rings. The van der Waals surface area contributed by atoms with E-state index in [1.165, 1.54) is 17.2 Å². The lowest BCUT2D eigenvalue weighted by molar-refractivity contribution is 0.235. The van der Waals surface area contributed by atoms with Crippen LogP contribution in [0.3, 0.4) is 0 Å². The van der Waals surface area contributed by atoms with E-state index in [0.717, 1.165) is 32.6 Å². The Balaban J connectivity index is 1.67. The van der Waals surface area contributed by atoms with Crippen molar-refractivity contribution < 1.29 is 0 Å². The smallest absolute Gasteiger partial charge is 0.111 e. The average Bonchev–Trinajstić information content (AvgIpc) is 3.04. The summed E-state index contributed by atoms with van der Waals surface area (Å²) < 4.78 is 4.29. The zero-order chi connectivity index (χ0) is 14.1. The molecule has 1 aliphatic heterocycles. The molecular formula is C15H23N5. The molecule has 0 saturated carbocycles. The Labute approximate surface area is 120 Å². The Morgan fingerprint density at radius 2 is 2.15 bits per heavy atom. The summed E-state index contributed by atoms with van der Waals surface area (Å²) in [4.78, 5) is 7.32. The highest BCUT2D eigenvalue weighted by molar-refractivity contribution is 5.21. The predicted octanol–water partition coefficient (Wildman–Crippen LogP) is 1.80. The van der Waals surface area contributed by atoms with Crippen LogP contribution in [-0.2, 0) is 26.6 Å². The minimum atomic E-state index is 0.489. The molecule has 0 spiro atoms. The lowest BCUT2D eigenvalue weighted by Crippen LogP contribution is -2.33. The molecule has 0 aliphatic carbocycles.